The van der Waals surface area contributed by atoms with E-state index in [2.05, 4.69) is 22.9 Å². The number of hydrogen-bond donors (Lipinski definition) is 0. The van der Waals surface area contributed by atoms with Crippen molar-refractivity contribution in [3.05, 3.63) is 0 Å². The number of ether oxygens (including phenoxy) is 1. The molecule has 0 aromatic heterocycles. The Morgan fingerprint density at radius 3 is 2.75 bits per heavy atom. The van der Waals surface area contributed by atoms with Crippen LogP contribution < -0.4 is 0 Å². The van der Waals surface area contributed by atoms with Gasteiger partial charge in [-0.25, -0.2) is 0 Å². The molecule has 1 rings (SSSR count). The van der Waals surface area contributed by atoms with Gasteiger partial charge in [0.25, 0.3) is 0 Å². The highest BCUT2D eigenvalue weighted by Gasteiger charge is 2.22. The quantitative estimate of drug-likeness (QED) is 0.536. The molecule has 72 valence electrons. The Morgan fingerprint density at radius 2 is 2.08 bits per heavy atom. The molecular weight excluding hydrogens is 216 g/mol. The van der Waals surface area contributed by atoms with Crippen molar-refractivity contribution < 1.29 is 4.74 Å². The van der Waals surface area contributed by atoms with Gasteiger partial charge in [-0.3, -0.25) is 0 Å². The van der Waals surface area contributed by atoms with Gasteiger partial charge in [0.05, 0.1) is 6.61 Å². The first-order chi connectivity index (χ1) is 5.84. The summed E-state index contributed by atoms with van der Waals surface area (Å²) in [6, 6.07) is 0. The summed E-state index contributed by atoms with van der Waals surface area (Å²) in [5.74, 6) is 0.769. The minimum absolute atomic E-state index is 0.711. The Kier molecular flexibility index (Phi) is 5.24. The topological polar surface area (TPSA) is 9.23 Å². The lowest BCUT2D eigenvalue weighted by atomic mass is 9.90. The van der Waals surface area contributed by atoms with E-state index in [1.165, 1.54) is 25.7 Å². The molecule has 0 amide bonds. The zero-order chi connectivity index (χ0) is 8.81. The zero-order valence-corrected chi connectivity index (χ0v) is 9.48. The predicted molar refractivity (Wildman–Crippen MR) is 55.8 cm³/mol. The van der Waals surface area contributed by atoms with Crippen molar-refractivity contribution >= 4 is 15.9 Å². The Hall–Kier alpha value is 0.440. The summed E-state index contributed by atoms with van der Waals surface area (Å²) in [7, 11) is 0. The molecule has 0 aliphatic heterocycles. The van der Waals surface area contributed by atoms with Crippen LogP contribution in [0.15, 0.2) is 0 Å². The second kappa shape index (κ2) is 5.98. The molecular formula is C10H19BrO. The van der Waals surface area contributed by atoms with E-state index in [-0.39, 0.29) is 0 Å². The van der Waals surface area contributed by atoms with Crippen LogP contribution in [-0.4, -0.2) is 18.0 Å². The van der Waals surface area contributed by atoms with E-state index in [4.69, 9.17) is 4.74 Å². The molecule has 0 heterocycles. The monoisotopic (exact) mass is 234 g/mol. The SMILES string of the molecule is CCCOCC1CCCCC1Br. The third-order valence-electron chi connectivity index (χ3n) is 2.50. The van der Waals surface area contributed by atoms with Crippen molar-refractivity contribution in [1.82, 2.24) is 0 Å². The lowest BCUT2D eigenvalue weighted by Crippen LogP contribution is -2.24. The maximum absolute atomic E-state index is 5.56. The van der Waals surface area contributed by atoms with Crippen molar-refractivity contribution in [2.75, 3.05) is 13.2 Å². The van der Waals surface area contributed by atoms with Crippen LogP contribution in [0.4, 0.5) is 0 Å². The molecule has 2 unspecified atom stereocenters. The van der Waals surface area contributed by atoms with Crippen LogP contribution in [0.5, 0.6) is 0 Å². The van der Waals surface area contributed by atoms with Gasteiger partial charge in [0.15, 0.2) is 0 Å². The van der Waals surface area contributed by atoms with E-state index in [1.807, 2.05) is 0 Å². The molecule has 1 fully saturated rings. The summed E-state index contributed by atoms with van der Waals surface area (Å²) in [4.78, 5) is 0.711. The van der Waals surface area contributed by atoms with Gasteiger partial charge in [-0.2, -0.15) is 0 Å². The van der Waals surface area contributed by atoms with Gasteiger partial charge in [0.2, 0.25) is 0 Å². The molecule has 1 aliphatic rings. The molecule has 2 atom stereocenters. The summed E-state index contributed by atoms with van der Waals surface area (Å²) < 4.78 is 5.56. The van der Waals surface area contributed by atoms with Crippen molar-refractivity contribution in [2.45, 2.75) is 43.9 Å². The molecule has 0 bridgehead atoms. The fourth-order valence-electron chi connectivity index (χ4n) is 1.73. The fraction of sp³-hybridized carbons (Fsp3) is 1.00. The molecule has 12 heavy (non-hydrogen) atoms. The number of halogens is 1. The average molecular weight is 235 g/mol. The molecule has 1 nitrogen and oxygen atoms in total. The molecule has 2 heteroatoms. The molecule has 0 radical (unpaired) electrons. The molecule has 0 saturated heterocycles. The van der Waals surface area contributed by atoms with Crippen LogP contribution in [0.2, 0.25) is 0 Å². The van der Waals surface area contributed by atoms with Crippen molar-refractivity contribution in [2.24, 2.45) is 5.92 Å². The summed E-state index contributed by atoms with van der Waals surface area (Å²) in [6.45, 7) is 4.05. The van der Waals surface area contributed by atoms with Crippen LogP contribution in [0, 0.1) is 5.92 Å². The minimum Gasteiger partial charge on any atom is -0.381 e. The normalized spacial score (nSPS) is 30.5. The summed E-state index contributed by atoms with van der Waals surface area (Å²) >= 11 is 3.73. The van der Waals surface area contributed by atoms with Crippen molar-refractivity contribution in [3.8, 4) is 0 Å². The Labute approximate surface area is 84.0 Å². The van der Waals surface area contributed by atoms with Crippen molar-refractivity contribution in [3.63, 3.8) is 0 Å². The smallest absolute Gasteiger partial charge is 0.0504 e. The standard InChI is InChI=1S/C10H19BrO/c1-2-7-12-8-9-5-3-4-6-10(9)11/h9-10H,2-8H2,1H3. The molecule has 0 spiro atoms. The molecule has 1 aliphatic carbocycles. The van der Waals surface area contributed by atoms with Crippen LogP contribution in [0.3, 0.4) is 0 Å². The number of hydrogen-bond acceptors (Lipinski definition) is 1. The van der Waals surface area contributed by atoms with Crippen LogP contribution >= 0.6 is 15.9 Å². The summed E-state index contributed by atoms with van der Waals surface area (Å²) in [5, 5.41) is 0. The highest BCUT2D eigenvalue weighted by molar-refractivity contribution is 9.09. The molecule has 0 aromatic rings. The van der Waals surface area contributed by atoms with Crippen molar-refractivity contribution in [1.29, 1.82) is 0 Å². The lowest BCUT2D eigenvalue weighted by Gasteiger charge is -2.26. The van der Waals surface area contributed by atoms with Gasteiger partial charge in [-0.05, 0) is 25.2 Å². The van der Waals surface area contributed by atoms with E-state index in [0.717, 1.165) is 25.6 Å². The van der Waals surface area contributed by atoms with Gasteiger partial charge in [-0.1, -0.05) is 35.7 Å². The fourth-order valence-corrected chi connectivity index (χ4v) is 2.47. The number of alkyl halides is 1. The van der Waals surface area contributed by atoms with Gasteiger partial charge in [-0.15, -0.1) is 0 Å². The lowest BCUT2D eigenvalue weighted by molar-refractivity contribution is 0.0890. The van der Waals surface area contributed by atoms with E-state index in [9.17, 15) is 0 Å². The average Bonchev–Trinajstić information content (AvgIpc) is 2.09. The first-order valence-electron chi connectivity index (χ1n) is 5.06. The summed E-state index contributed by atoms with van der Waals surface area (Å²) in [6.07, 6.45) is 6.60. The first-order valence-corrected chi connectivity index (χ1v) is 5.98. The largest absolute Gasteiger partial charge is 0.381 e. The molecule has 0 N–H and O–H groups in total. The van der Waals surface area contributed by atoms with Crippen LogP contribution in [0.25, 0.3) is 0 Å². The van der Waals surface area contributed by atoms with Gasteiger partial charge in [0.1, 0.15) is 0 Å². The van der Waals surface area contributed by atoms with E-state index < -0.39 is 0 Å². The molecule has 0 aromatic carbocycles. The maximum atomic E-state index is 5.56. The Balaban J connectivity index is 2.11. The minimum atomic E-state index is 0.711. The maximum Gasteiger partial charge on any atom is 0.0504 e. The third-order valence-corrected chi connectivity index (χ3v) is 3.70. The second-order valence-electron chi connectivity index (χ2n) is 3.64. The van der Waals surface area contributed by atoms with Crippen LogP contribution in [0.1, 0.15) is 39.0 Å². The van der Waals surface area contributed by atoms with Gasteiger partial charge >= 0.3 is 0 Å². The Morgan fingerprint density at radius 1 is 1.33 bits per heavy atom. The van der Waals surface area contributed by atoms with Crippen LogP contribution in [-0.2, 0) is 4.74 Å². The van der Waals surface area contributed by atoms with E-state index in [1.54, 1.807) is 0 Å². The highest BCUT2D eigenvalue weighted by Crippen LogP contribution is 2.29. The van der Waals surface area contributed by atoms with E-state index >= 15 is 0 Å². The predicted octanol–water partition coefficient (Wildman–Crippen LogP) is 3.37. The molecule has 1 saturated carbocycles. The Bertz CT molecular complexity index is 116. The first kappa shape index (κ1) is 10.5. The van der Waals surface area contributed by atoms with E-state index in [0.29, 0.717) is 4.83 Å². The zero-order valence-electron chi connectivity index (χ0n) is 7.89. The van der Waals surface area contributed by atoms with Gasteiger partial charge < -0.3 is 4.74 Å². The third kappa shape index (κ3) is 3.44. The number of rotatable bonds is 4. The summed E-state index contributed by atoms with van der Waals surface area (Å²) in [5.41, 5.74) is 0. The van der Waals surface area contributed by atoms with Gasteiger partial charge in [0, 0.05) is 11.4 Å². The highest BCUT2D eigenvalue weighted by atomic mass is 79.9. The second-order valence-corrected chi connectivity index (χ2v) is 4.81.